The fraction of sp³-hybridized carbons (Fsp3) is 0.0769. The van der Waals surface area contributed by atoms with Gasteiger partial charge in [0.1, 0.15) is 16.0 Å². The number of primary sulfonamides is 1. The average Bonchev–Trinajstić information content (AvgIpc) is 2.47. The lowest BCUT2D eigenvalue weighted by molar-refractivity contribution is 0.562. The Morgan fingerprint density at radius 3 is 2.40 bits per heavy atom. The zero-order valence-electron chi connectivity index (χ0n) is 12.1. The van der Waals surface area contributed by atoms with Crippen molar-refractivity contribution in [1.29, 1.82) is 0 Å². The Morgan fingerprint density at radius 2 is 1.76 bits per heavy atom. The third-order valence-electron chi connectivity index (χ3n) is 3.50. The molecule has 2 aromatic carbocycles. The third kappa shape index (κ3) is 3.45. The SMILES string of the molecule is NS(=O)(=O)c1cc2c(cc1Cl)N[C@@H](c1cccc(Cl)c1Cl)NS2(=O)=O. The van der Waals surface area contributed by atoms with Gasteiger partial charge in [-0.3, -0.25) is 0 Å². The predicted molar refractivity (Wildman–Crippen MR) is 96.0 cm³/mol. The quantitative estimate of drug-likeness (QED) is 0.661. The molecule has 1 aliphatic rings. The summed E-state index contributed by atoms with van der Waals surface area (Å²) in [5.41, 5.74) is 0.507. The second-order valence-electron chi connectivity index (χ2n) is 5.17. The van der Waals surface area contributed by atoms with Crippen LogP contribution in [0, 0.1) is 0 Å². The lowest BCUT2D eigenvalue weighted by atomic mass is 10.1. The summed E-state index contributed by atoms with van der Waals surface area (Å²) in [6.07, 6.45) is -0.917. The summed E-state index contributed by atoms with van der Waals surface area (Å²) < 4.78 is 50.5. The Bertz CT molecular complexity index is 1090. The van der Waals surface area contributed by atoms with Crippen molar-refractivity contribution in [1.82, 2.24) is 4.72 Å². The zero-order chi connectivity index (χ0) is 18.6. The smallest absolute Gasteiger partial charge is 0.244 e. The maximum absolute atomic E-state index is 12.5. The number of halogens is 3. The Kier molecular flexibility index (Phi) is 4.70. The number of fused-ring (bicyclic) bond motifs is 1. The molecule has 0 spiro atoms. The first-order chi connectivity index (χ1) is 11.5. The highest BCUT2D eigenvalue weighted by atomic mass is 35.5. The number of hydrogen-bond donors (Lipinski definition) is 3. The molecule has 1 heterocycles. The van der Waals surface area contributed by atoms with Gasteiger partial charge in [-0.25, -0.2) is 22.0 Å². The maximum atomic E-state index is 12.5. The number of sulfonamides is 2. The summed E-state index contributed by atoms with van der Waals surface area (Å²) in [4.78, 5) is -0.783. The molecule has 0 aliphatic carbocycles. The minimum atomic E-state index is -4.19. The fourth-order valence-corrected chi connectivity index (χ4v) is 5.27. The highest BCUT2D eigenvalue weighted by Crippen LogP contribution is 2.38. The van der Waals surface area contributed by atoms with E-state index in [0.717, 1.165) is 6.07 Å². The Labute approximate surface area is 159 Å². The summed E-state index contributed by atoms with van der Waals surface area (Å²) in [6.45, 7) is 0. The largest absolute Gasteiger partial charge is 0.364 e. The van der Waals surface area contributed by atoms with Crippen molar-refractivity contribution >= 4 is 60.5 Å². The Balaban J connectivity index is 2.16. The van der Waals surface area contributed by atoms with Crippen molar-refractivity contribution in [3.8, 4) is 0 Å². The van der Waals surface area contributed by atoms with Crippen molar-refractivity contribution in [3.05, 3.63) is 51.0 Å². The molecule has 0 radical (unpaired) electrons. The van der Waals surface area contributed by atoms with Crippen molar-refractivity contribution in [2.24, 2.45) is 5.14 Å². The van der Waals surface area contributed by atoms with Gasteiger partial charge in [0.15, 0.2) is 0 Å². The summed E-state index contributed by atoms with van der Waals surface area (Å²) in [7, 11) is -8.25. The summed E-state index contributed by atoms with van der Waals surface area (Å²) in [6, 6.07) is 6.86. The van der Waals surface area contributed by atoms with E-state index in [9.17, 15) is 16.8 Å². The average molecular weight is 443 g/mol. The highest BCUT2D eigenvalue weighted by molar-refractivity contribution is 7.90. The standard InChI is InChI=1S/C13H10Cl3N3O4S2/c14-7-3-1-2-6(12(7)16)13-18-9-4-8(15)10(24(17,20)21)5-11(9)25(22,23)19-13/h1-5,13,18-19H,(H2,17,20,21)/t13-/m1/s1. The van der Waals surface area contributed by atoms with E-state index in [1.165, 1.54) is 6.07 Å². The molecule has 0 aromatic heterocycles. The first-order valence-corrected chi connectivity index (χ1v) is 10.8. The van der Waals surface area contributed by atoms with Crippen molar-refractivity contribution in [2.45, 2.75) is 16.0 Å². The second-order valence-corrected chi connectivity index (χ2v) is 9.57. The molecule has 1 aliphatic heterocycles. The van der Waals surface area contributed by atoms with Crippen molar-refractivity contribution in [3.63, 3.8) is 0 Å². The molecule has 25 heavy (non-hydrogen) atoms. The van der Waals surface area contributed by atoms with Gasteiger partial charge in [-0.15, -0.1) is 0 Å². The number of nitrogens with one attached hydrogen (secondary N) is 2. The van der Waals surface area contributed by atoms with Crippen LogP contribution in [0.1, 0.15) is 11.7 Å². The molecule has 0 unspecified atom stereocenters. The van der Waals surface area contributed by atoms with E-state index in [0.29, 0.717) is 5.56 Å². The molecule has 0 amide bonds. The molecular weight excluding hydrogens is 433 g/mol. The van der Waals surface area contributed by atoms with Gasteiger partial charge in [0, 0.05) is 5.56 Å². The lowest BCUT2D eigenvalue weighted by Gasteiger charge is -2.29. The maximum Gasteiger partial charge on any atom is 0.244 e. The first kappa shape index (κ1) is 18.7. The number of benzene rings is 2. The molecule has 0 saturated carbocycles. The Morgan fingerprint density at radius 1 is 1.08 bits per heavy atom. The van der Waals surface area contributed by atoms with E-state index >= 15 is 0 Å². The minimum Gasteiger partial charge on any atom is -0.364 e. The predicted octanol–water partition coefficient (Wildman–Crippen LogP) is 2.70. The molecule has 7 nitrogen and oxygen atoms in total. The molecule has 3 rings (SSSR count). The number of rotatable bonds is 2. The van der Waals surface area contributed by atoms with Gasteiger partial charge < -0.3 is 5.32 Å². The van der Waals surface area contributed by atoms with Crippen LogP contribution in [0.5, 0.6) is 0 Å². The van der Waals surface area contributed by atoms with Crippen LogP contribution in [-0.2, 0) is 20.0 Å². The van der Waals surface area contributed by atoms with Crippen LogP contribution < -0.4 is 15.2 Å². The minimum absolute atomic E-state index is 0.109. The topological polar surface area (TPSA) is 118 Å². The van der Waals surface area contributed by atoms with Crippen molar-refractivity contribution < 1.29 is 16.8 Å². The molecule has 0 fully saturated rings. The molecular formula is C13H10Cl3N3O4S2. The van der Waals surface area contributed by atoms with E-state index in [4.69, 9.17) is 39.9 Å². The van der Waals surface area contributed by atoms with Crippen LogP contribution in [0.2, 0.25) is 15.1 Å². The molecule has 2 aromatic rings. The van der Waals surface area contributed by atoms with E-state index in [1.807, 2.05) is 0 Å². The van der Waals surface area contributed by atoms with Crippen LogP contribution in [0.25, 0.3) is 0 Å². The Hall–Kier alpha value is -1.07. The van der Waals surface area contributed by atoms with Gasteiger partial charge in [-0.2, -0.15) is 4.72 Å². The third-order valence-corrected chi connectivity index (χ3v) is 7.17. The van der Waals surface area contributed by atoms with Crippen LogP contribution in [0.15, 0.2) is 40.1 Å². The molecule has 134 valence electrons. The van der Waals surface area contributed by atoms with Gasteiger partial charge >= 0.3 is 0 Å². The molecule has 0 bridgehead atoms. The highest BCUT2D eigenvalue weighted by Gasteiger charge is 2.33. The summed E-state index contributed by atoms with van der Waals surface area (Å²) >= 11 is 18.0. The van der Waals surface area contributed by atoms with Crippen LogP contribution in [0.3, 0.4) is 0 Å². The first-order valence-electron chi connectivity index (χ1n) is 6.60. The normalized spacial score (nSPS) is 19.1. The zero-order valence-corrected chi connectivity index (χ0v) is 16.0. The van der Waals surface area contributed by atoms with Crippen LogP contribution in [0.4, 0.5) is 5.69 Å². The van der Waals surface area contributed by atoms with Gasteiger partial charge in [0.25, 0.3) is 0 Å². The van der Waals surface area contributed by atoms with E-state index < -0.39 is 31.1 Å². The number of hydrogen-bond acceptors (Lipinski definition) is 5. The molecule has 4 N–H and O–H groups in total. The monoisotopic (exact) mass is 441 g/mol. The van der Waals surface area contributed by atoms with Gasteiger partial charge in [0.05, 0.1) is 20.8 Å². The van der Waals surface area contributed by atoms with Gasteiger partial charge in [-0.05, 0) is 18.2 Å². The molecule has 0 saturated heterocycles. The van der Waals surface area contributed by atoms with Crippen LogP contribution >= 0.6 is 34.8 Å². The van der Waals surface area contributed by atoms with Crippen molar-refractivity contribution in [2.75, 3.05) is 5.32 Å². The molecule has 1 atom stereocenters. The van der Waals surface area contributed by atoms with E-state index in [-0.39, 0.29) is 25.7 Å². The molecule has 12 heteroatoms. The fourth-order valence-electron chi connectivity index (χ4n) is 2.38. The van der Waals surface area contributed by atoms with E-state index in [2.05, 4.69) is 10.0 Å². The summed E-state index contributed by atoms with van der Waals surface area (Å²) in [5, 5.41) is 8.19. The van der Waals surface area contributed by atoms with E-state index in [1.54, 1.807) is 18.2 Å². The van der Waals surface area contributed by atoms with Gasteiger partial charge in [0.2, 0.25) is 20.0 Å². The van der Waals surface area contributed by atoms with Gasteiger partial charge in [-0.1, -0.05) is 46.9 Å². The number of anilines is 1. The summed E-state index contributed by atoms with van der Waals surface area (Å²) in [5.74, 6) is 0. The lowest BCUT2D eigenvalue weighted by Crippen LogP contribution is -2.38. The second kappa shape index (κ2) is 6.27. The van der Waals surface area contributed by atoms with Crippen LogP contribution in [-0.4, -0.2) is 16.8 Å². The number of nitrogens with two attached hydrogens (primary N) is 1.